The van der Waals surface area contributed by atoms with Crippen LogP contribution in [0.5, 0.6) is 5.75 Å². The lowest BCUT2D eigenvalue weighted by Gasteiger charge is -2.06. The van der Waals surface area contributed by atoms with E-state index in [0.717, 1.165) is 0 Å². The van der Waals surface area contributed by atoms with E-state index >= 15 is 0 Å². The van der Waals surface area contributed by atoms with Crippen molar-refractivity contribution in [3.63, 3.8) is 0 Å². The van der Waals surface area contributed by atoms with Gasteiger partial charge < -0.3 is 15.2 Å². The van der Waals surface area contributed by atoms with E-state index in [0.29, 0.717) is 16.5 Å². The molecule has 0 heterocycles. The Bertz CT molecular complexity index is 265. The standard InChI is InChI=1S/C8H10ClNO2/c1-11-5-12-8-3-2-6(9)4-7(8)10/h2-4H,5,10H2,1H3. The van der Waals surface area contributed by atoms with Crippen LogP contribution in [-0.4, -0.2) is 13.9 Å². The van der Waals surface area contributed by atoms with Crippen LogP contribution in [0.15, 0.2) is 18.2 Å². The lowest BCUT2D eigenvalue weighted by atomic mass is 10.3. The molecule has 2 N–H and O–H groups in total. The summed E-state index contributed by atoms with van der Waals surface area (Å²) >= 11 is 5.68. The first-order valence-corrected chi connectivity index (χ1v) is 3.78. The molecule has 12 heavy (non-hydrogen) atoms. The molecule has 0 aliphatic heterocycles. The first-order valence-electron chi connectivity index (χ1n) is 3.41. The highest BCUT2D eigenvalue weighted by Crippen LogP contribution is 2.24. The van der Waals surface area contributed by atoms with Gasteiger partial charge in [0.15, 0.2) is 6.79 Å². The number of benzene rings is 1. The molecular weight excluding hydrogens is 178 g/mol. The van der Waals surface area contributed by atoms with Crippen molar-refractivity contribution in [1.82, 2.24) is 0 Å². The van der Waals surface area contributed by atoms with Gasteiger partial charge in [0.25, 0.3) is 0 Å². The normalized spacial score (nSPS) is 9.83. The highest BCUT2D eigenvalue weighted by Gasteiger charge is 1.99. The number of hydrogen-bond acceptors (Lipinski definition) is 3. The molecule has 0 bridgehead atoms. The topological polar surface area (TPSA) is 44.5 Å². The van der Waals surface area contributed by atoms with E-state index in [1.165, 1.54) is 0 Å². The van der Waals surface area contributed by atoms with Crippen LogP contribution in [-0.2, 0) is 4.74 Å². The second-order valence-electron chi connectivity index (χ2n) is 2.23. The molecule has 3 nitrogen and oxygen atoms in total. The number of ether oxygens (including phenoxy) is 2. The maximum atomic E-state index is 5.68. The number of anilines is 1. The first kappa shape index (κ1) is 9.16. The van der Waals surface area contributed by atoms with E-state index in [2.05, 4.69) is 0 Å². The number of nitrogens with two attached hydrogens (primary N) is 1. The largest absolute Gasteiger partial charge is 0.465 e. The smallest absolute Gasteiger partial charge is 0.188 e. The molecule has 1 rings (SSSR count). The summed E-state index contributed by atoms with van der Waals surface area (Å²) in [7, 11) is 1.55. The summed E-state index contributed by atoms with van der Waals surface area (Å²) in [5, 5.41) is 0.595. The third-order valence-electron chi connectivity index (χ3n) is 1.30. The van der Waals surface area contributed by atoms with Crippen LogP contribution in [0.25, 0.3) is 0 Å². The molecule has 0 atom stereocenters. The Hall–Kier alpha value is -0.930. The highest BCUT2D eigenvalue weighted by molar-refractivity contribution is 6.30. The molecular formula is C8H10ClNO2. The van der Waals surface area contributed by atoms with Crippen molar-refractivity contribution in [2.75, 3.05) is 19.6 Å². The van der Waals surface area contributed by atoms with Gasteiger partial charge in [0, 0.05) is 12.1 Å². The Morgan fingerprint density at radius 1 is 1.50 bits per heavy atom. The van der Waals surface area contributed by atoms with E-state index in [1.807, 2.05) is 0 Å². The quantitative estimate of drug-likeness (QED) is 0.581. The van der Waals surface area contributed by atoms with Crippen molar-refractivity contribution in [2.45, 2.75) is 0 Å². The zero-order chi connectivity index (χ0) is 8.97. The summed E-state index contributed by atoms with van der Waals surface area (Å²) in [6, 6.07) is 5.05. The van der Waals surface area contributed by atoms with Gasteiger partial charge in [0.05, 0.1) is 5.69 Å². The van der Waals surface area contributed by atoms with Crippen molar-refractivity contribution in [2.24, 2.45) is 0 Å². The molecule has 0 saturated heterocycles. The third-order valence-corrected chi connectivity index (χ3v) is 1.54. The fraction of sp³-hybridized carbons (Fsp3) is 0.250. The molecule has 0 fully saturated rings. The van der Waals surface area contributed by atoms with Gasteiger partial charge in [-0.15, -0.1) is 0 Å². The van der Waals surface area contributed by atoms with Crippen molar-refractivity contribution in [1.29, 1.82) is 0 Å². The predicted octanol–water partition coefficient (Wildman–Crippen LogP) is 1.90. The van der Waals surface area contributed by atoms with Crippen molar-refractivity contribution < 1.29 is 9.47 Å². The fourth-order valence-corrected chi connectivity index (χ4v) is 0.954. The molecule has 1 aromatic rings. The molecule has 66 valence electrons. The summed E-state index contributed by atoms with van der Waals surface area (Å²) in [5.74, 6) is 0.584. The molecule has 0 saturated carbocycles. The molecule has 1 aromatic carbocycles. The van der Waals surface area contributed by atoms with E-state index in [-0.39, 0.29) is 6.79 Å². The average Bonchev–Trinajstić information content (AvgIpc) is 2.03. The van der Waals surface area contributed by atoms with Gasteiger partial charge in [-0.05, 0) is 18.2 Å². The number of hydrogen-bond donors (Lipinski definition) is 1. The van der Waals surface area contributed by atoms with Crippen LogP contribution in [0.1, 0.15) is 0 Å². The lowest BCUT2D eigenvalue weighted by molar-refractivity contribution is 0.0517. The van der Waals surface area contributed by atoms with Gasteiger partial charge in [-0.1, -0.05) is 11.6 Å². The lowest BCUT2D eigenvalue weighted by Crippen LogP contribution is -2.01. The minimum Gasteiger partial charge on any atom is -0.465 e. The first-order chi connectivity index (χ1) is 5.74. The third kappa shape index (κ3) is 2.29. The van der Waals surface area contributed by atoms with Crippen LogP contribution < -0.4 is 10.5 Å². The SMILES string of the molecule is COCOc1ccc(Cl)cc1N. The summed E-state index contributed by atoms with van der Waals surface area (Å²) in [6.45, 7) is 0.186. The Morgan fingerprint density at radius 3 is 2.83 bits per heavy atom. The molecule has 4 heteroatoms. The Labute approximate surface area is 76.0 Å². The van der Waals surface area contributed by atoms with Gasteiger partial charge >= 0.3 is 0 Å². The molecule has 0 aliphatic rings. The zero-order valence-corrected chi connectivity index (χ0v) is 7.47. The second-order valence-corrected chi connectivity index (χ2v) is 2.67. The van der Waals surface area contributed by atoms with Gasteiger partial charge in [0.2, 0.25) is 0 Å². The summed E-state index contributed by atoms with van der Waals surface area (Å²) < 4.78 is 9.86. The van der Waals surface area contributed by atoms with E-state index in [9.17, 15) is 0 Å². The van der Waals surface area contributed by atoms with Gasteiger partial charge in [0.1, 0.15) is 5.75 Å². The monoisotopic (exact) mass is 187 g/mol. The number of nitrogen functional groups attached to an aromatic ring is 1. The van der Waals surface area contributed by atoms with Crippen LogP contribution in [0.4, 0.5) is 5.69 Å². The van der Waals surface area contributed by atoms with E-state index in [1.54, 1.807) is 25.3 Å². The zero-order valence-electron chi connectivity index (χ0n) is 6.71. The number of methoxy groups -OCH3 is 1. The number of halogens is 1. The van der Waals surface area contributed by atoms with Gasteiger partial charge in [-0.2, -0.15) is 0 Å². The van der Waals surface area contributed by atoms with Crippen LogP contribution in [0.2, 0.25) is 5.02 Å². The Kier molecular flexibility index (Phi) is 3.19. The van der Waals surface area contributed by atoms with Crippen molar-refractivity contribution >= 4 is 17.3 Å². The van der Waals surface area contributed by atoms with Crippen LogP contribution in [0.3, 0.4) is 0 Å². The van der Waals surface area contributed by atoms with E-state index in [4.69, 9.17) is 26.8 Å². The molecule has 0 unspecified atom stereocenters. The van der Waals surface area contributed by atoms with Crippen molar-refractivity contribution in [3.8, 4) is 5.75 Å². The molecule has 0 radical (unpaired) electrons. The Balaban J connectivity index is 2.72. The fourth-order valence-electron chi connectivity index (χ4n) is 0.773. The maximum Gasteiger partial charge on any atom is 0.188 e. The predicted molar refractivity (Wildman–Crippen MR) is 48.4 cm³/mol. The Morgan fingerprint density at radius 2 is 2.25 bits per heavy atom. The second kappa shape index (κ2) is 4.18. The summed E-state index contributed by atoms with van der Waals surface area (Å²) in [6.07, 6.45) is 0. The average molecular weight is 188 g/mol. The minimum absolute atomic E-state index is 0.186. The van der Waals surface area contributed by atoms with Gasteiger partial charge in [-0.3, -0.25) is 0 Å². The highest BCUT2D eigenvalue weighted by atomic mass is 35.5. The number of rotatable bonds is 3. The summed E-state index contributed by atoms with van der Waals surface area (Å²) in [5.41, 5.74) is 6.11. The van der Waals surface area contributed by atoms with Gasteiger partial charge in [-0.25, -0.2) is 0 Å². The minimum atomic E-state index is 0.186. The molecule has 0 aliphatic carbocycles. The summed E-state index contributed by atoms with van der Waals surface area (Å²) in [4.78, 5) is 0. The maximum absolute atomic E-state index is 5.68. The molecule has 0 spiro atoms. The molecule has 0 amide bonds. The van der Waals surface area contributed by atoms with Crippen LogP contribution >= 0.6 is 11.6 Å². The molecule has 0 aromatic heterocycles. The van der Waals surface area contributed by atoms with E-state index < -0.39 is 0 Å². The van der Waals surface area contributed by atoms with Crippen molar-refractivity contribution in [3.05, 3.63) is 23.2 Å². The van der Waals surface area contributed by atoms with Crippen LogP contribution in [0, 0.1) is 0 Å².